The molecule has 2 aliphatic heterocycles. The van der Waals surface area contributed by atoms with Crippen LogP contribution in [-0.4, -0.2) is 47.1 Å². The highest BCUT2D eigenvalue weighted by Crippen LogP contribution is 2.35. The summed E-state index contributed by atoms with van der Waals surface area (Å²) in [6, 6.07) is 10.4. The monoisotopic (exact) mass is 433 g/mol. The fraction of sp³-hybridized carbons (Fsp3) is 0.364. The molecule has 0 saturated carbocycles. The Morgan fingerprint density at radius 2 is 1.71 bits per heavy atom. The second-order valence-electron chi connectivity index (χ2n) is 7.73. The number of hydrogen-bond donors (Lipinski definition) is 1. The number of carbonyl (C=O) groups excluding carboxylic acids is 2. The molecule has 0 radical (unpaired) electrons. The van der Waals surface area contributed by atoms with Gasteiger partial charge in [0.2, 0.25) is 0 Å². The van der Waals surface area contributed by atoms with Crippen LogP contribution in [0.5, 0.6) is 0 Å². The number of ether oxygens (including phenoxy) is 1. The maximum Gasteiger partial charge on any atom is 0.411 e. The average molecular weight is 433 g/mol. The molecule has 0 aromatic heterocycles. The van der Waals surface area contributed by atoms with Gasteiger partial charge in [0.1, 0.15) is 6.10 Å². The molecule has 2 heterocycles. The molecule has 9 heteroatoms. The zero-order valence-corrected chi connectivity index (χ0v) is 16.9. The molecule has 2 aromatic rings. The summed E-state index contributed by atoms with van der Waals surface area (Å²) in [5.74, 6) is -4.40. The number of cyclic esters (lactones) is 1. The second-order valence-corrected chi connectivity index (χ2v) is 7.73. The molecule has 3 amide bonds. The van der Waals surface area contributed by atoms with Crippen molar-refractivity contribution in [1.82, 2.24) is 9.80 Å². The van der Waals surface area contributed by atoms with Crippen LogP contribution in [0.1, 0.15) is 31.4 Å². The van der Waals surface area contributed by atoms with Crippen LogP contribution in [0, 0.1) is 17.5 Å². The van der Waals surface area contributed by atoms with E-state index in [1.165, 1.54) is 4.90 Å². The van der Waals surface area contributed by atoms with Gasteiger partial charge in [0.15, 0.2) is 17.5 Å². The van der Waals surface area contributed by atoms with Crippen LogP contribution in [0.15, 0.2) is 42.5 Å². The van der Waals surface area contributed by atoms with E-state index in [-0.39, 0.29) is 24.3 Å². The molecule has 0 bridgehead atoms. The van der Waals surface area contributed by atoms with Crippen LogP contribution in [0.4, 0.5) is 28.4 Å². The summed E-state index contributed by atoms with van der Waals surface area (Å²) in [6.45, 7) is 2.59. The van der Waals surface area contributed by atoms with E-state index >= 15 is 0 Å². The number of nitrogens with one attached hydrogen (secondary N) is 1. The van der Waals surface area contributed by atoms with Gasteiger partial charge in [-0.25, -0.2) is 22.8 Å². The predicted octanol–water partition coefficient (Wildman–Crippen LogP) is 4.68. The molecule has 4 rings (SSSR count). The number of amides is 3. The number of benzene rings is 2. The molecule has 164 valence electrons. The van der Waals surface area contributed by atoms with Crippen LogP contribution in [-0.2, 0) is 4.74 Å². The normalized spacial score (nSPS) is 21.9. The molecule has 2 saturated heterocycles. The third-order valence-corrected chi connectivity index (χ3v) is 5.87. The van der Waals surface area contributed by atoms with Crippen molar-refractivity contribution in [3.8, 4) is 0 Å². The Morgan fingerprint density at radius 3 is 2.39 bits per heavy atom. The first-order valence-electron chi connectivity index (χ1n) is 10.1. The second kappa shape index (κ2) is 8.49. The summed E-state index contributed by atoms with van der Waals surface area (Å²) in [5, 5.41) is 2.28. The maximum atomic E-state index is 13.8. The third-order valence-electron chi connectivity index (χ3n) is 5.87. The van der Waals surface area contributed by atoms with Crippen molar-refractivity contribution in [2.45, 2.75) is 38.0 Å². The van der Waals surface area contributed by atoms with Gasteiger partial charge in [0.05, 0.1) is 11.7 Å². The lowest BCUT2D eigenvalue weighted by Crippen LogP contribution is -2.50. The van der Waals surface area contributed by atoms with Gasteiger partial charge in [-0.15, -0.1) is 0 Å². The Bertz CT molecular complexity index is 981. The van der Waals surface area contributed by atoms with Crippen LogP contribution in [0.2, 0.25) is 0 Å². The number of carbonyl (C=O) groups is 2. The number of rotatable bonds is 3. The topological polar surface area (TPSA) is 61.9 Å². The van der Waals surface area contributed by atoms with Gasteiger partial charge in [0.25, 0.3) is 0 Å². The van der Waals surface area contributed by atoms with Crippen molar-refractivity contribution >= 4 is 17.8 Å². The van der Waals surface area contributed by atoms with Gasteiger partial charge in [-0.3, -0.25) is 4.90 Å². The number of halogens is 3. The molecule has 31 heavy (non-hydrogen) atoms. The summed E-state index contributed by atoms with van der Waals surface area (Å²) >= 11 is 0. The van der Waals surface area contributed by atoms with Gasteiger partial charge in [-0.2, -0.15) is 0 Å². The van der Waals surface area contributed by atoms with E-state index in [1.807, 2.05) is 37.3 Å². The van der Waals surface area contributed by atoms with Gasteiger partial charge in [-0.1, -0.05) is 30.3 Å². The molecule has 0 aliphatic carbocycles. The smallest absolute Gasteiger partial charge is 0.411 e. The summed E-state index contributed by atoms with van der Waals surface area (Å²) in [4.78, 5) is 28.1. The number of hydrogen-bond acceptors (Lipinski definition) is 3. The summed E-state index contributed by atoms with van der Waals surface area (Å²) in [7, 11) is 0. The minimum Gasteiger partial charge on any atom is -0.439 e. The SMILES string of the molecule is CC1C(c2ccccc2)OC(=O)N1C1CCN(C(=O)Nc2ccc(F)c(F)c2F)CC1. The Labute approximate surface area is 177 Å². The van der Waals surface area contributed by atoms with Gasteiger partial charge >= 0.3 is 12.1 Å². The number of anilines is 1. The van der Waals surface area contributed by atoms with Crippen LogP contribution >= 0.6 is 0 Å². The first-order valence-corrected chi connectivity index (χ1v) is 10.1. The molecular weight excluding hydrogens is 411 g/mol. The molecule has 1 N–H and O–H groups in total. The van der Waals surface area contributed by atoms with E-state index in [4.69, 9.17) is 4.74 Å². The molecule has 2 fully saturated rings. The molecule has 0 spiro atoms. The first-order chi connectivity index (χ1) is 14.9. The van der Waals surface area contributed by atoms with Gasteiger partial charge < -0.3 is 15.0 Å². The van der Waals surface area contributed by atoms with Crippen LogP contribution in [0.25, 0.3) is 0 Å². The molecule has 2 aliphatic rings. The van der Waals surface area contributed by atoms with Crippen molar-refractivity contribution < 1.29 is 27.5 Å². The minimum atomic E-state index is -1.63. The largest absolute Gasteiger partial charge is 0.439 e. The number of urea groups is 1. The minimum absolute atomic E-state index is 0.0970. The molecule has 2 atom stereocenters. The molecule has 6 nitrogen and oxygen atoms in total. The van der Waals surface area contributed by atoms with Crippen molar-refractivity contribution in [1.29, 1.82) is 0 Å². The molecular formula is C22H22F3N3O3. The summed E-state index contributed by atoms with van der Waals surface area (Å²) in [5.41, 5.74) is 0.504. The van der Waals surface area contributed by atoms with Crippen LogP contribution < -0.4 is 5.32 Å². The zero-order valence-electron chi connectivity index (χ0n) is 16.9. The Morgan fingerprint density at radius 1 is 1.03 bits per heavy atom. The lowest BCUT2D eigenvalue weighted by molar-refractivity contribution is 0.115. The third kappa shape index (κ3) is 4.04. The average Bonchev–Trinajstić information content (AvgIpc) is 3.08. The fourth-order valence-corrected chi connectivity index (χ4v) is 4.21. The zero-order chi connectivity index (χ0) is 22.1. The quantitative estimate of drug-likeness (QED) is 0.715. The number of likely N-dealkylation sites (tertiary alicyclic amines) is 1. The van der Waals surface area contributed by atoms with E-state index in [2.05, 4.69) is 5.32 Å². The molecule has 2 unspecified atom stereocenters. The first kappa shape index (κ1) is 21.0. The van der Waals surface area contributed by atoms with Crippen molar-refractivity contribution in [2.24, 2.45) is 0 Å². The predicted molar refractivity (Wildman–Crippen MR) is 107 cm³/mol. The highest BCUT2D eigenvalue weighted by atomic mass is 19.2. The lowest BCUT2D eigenvalue weighted by Gasteiger charge is -2.37. The van der Waals surface area contributed by atoms with Crippen LogP contribution in [0.3, 0.4) is 0 Å². The van der Waals surface area contributed by atoms with E-state index in [9.17, 15) is 22.8 Å². The van der Waals surface area contributed by atoms with Gasteiger partial charge in [-0.05, 0) is 37.5 Å². The van der Waals surface area contributed by atoms with E-state index in [0.717, 1.165) is 17.7 Å². The number of nitrogens with zero attached hydrogens (tertiary/aromatic N) is 2. The van der Waals surface area contributed by atoms with E-state index in [1.54, 1.807) is 4.90 Å². The highest BCUT2D eigenvalue weighted by molar-refractivity contribution is 5.89. The standard InChI is InChI=1S/C22H22F3N3O3/c1-13-20(14-5-3-2-4-6-14)31-22(30)28(13)15-9-11-27(12-10-15)21(29)26-17-8-7-16(23)18(24)19(17)25/h2-8,13,15,20H,9-12H2,1H3,(H,26,29). The Hall–Kier alpha value is -3.23. The Balaban J connectivity index is 1.37. The van der Waals surface area contributed by atoms with Crippen molar-refractivity contribution in [3.05, 3.63) is 65.5 Å². The fourth-order valence-electron chi connectivity index (χ4n) is 4.21. The maximum absolute atomic E-state index is 13.8. The number of piperidine rings is 1. The van der Waals surface area contributed by atoms with E-state index < -0.39 is 29.2 Å². The van der Waals surface area contributed by atoms with Gasteiger partial charge in [0, 0.05) is 19.1 Å². The summed E-state index contributed by atoms with van der Waals surface area (Å²) in [6.07, 6.45) is 0.308. The Kier molecular flexibility index (Phi) is 5.75. The molecule has 2 aromatic carbocycles. The lowest BCUT2D eigenvalue weighted by atomic mass is 9.98. The summed E-state index contributed by atoms with van der Waals surface area (Å²) < 4.78 is 45.8. The van der Waals surface area contributed by atoms with E-state index in [0.29, 0.717) is 25.9 Å². The highest BCUT2D eigenvalue weighted by Gasteiger charge is 2.44. The van der Waals surface area contributed by atoms with Crippen molar-refractivity contribution in [3.63, 3.8) is 0 Å². The van der Waals surface area contributed by atoms with Crippen molar-refractivity contribution in [2.75, 3.05) is 18.4 Å².